The molecule has 0 unspecified atom stereocenters. The van der Waals surface area contributed by atoms with Crippen molar-refractivity contribution in [3.8, 4) is 5.75 Å². The summed E-state index contributed by atoms with van der Waals surface area (Å²) in [6, 6.07) is 6.59. The van der Waals surface area contributed by atoms with Gasteiger partial charge in [0.15, 0.2) is 5.03 Å². The highest BCUT2D eigenvalue weighted by Gasteiger charge is 2.17. The zero-order chi connectivity index (χ0) is 13.2. The predicted molar refractivity (Wildman–Crippen MR) is 67.1 cm³/mol. The number of H-pyrrole nitrogens is 1. The number of aromatic amines is 1. The molecule has 0 amide bonds. The zero-order valence-electron chi connectivity index (χ0n) is 9.97. The minimum absolute atomic E-state index is 0.00475. The van der Waals surface area contributed by atoms with Crippen molar-refractivity contribution < 1.29 is 13.2 Å². The molecule has 18 heavy (non-hydrogen) atoms. The van der Waals surface area contributed by atoms with Gasteiger partial charge in [0, 0.05) is 0 Å². The Morgan fingerprint density at radius 3 is 2.72 bits per heavy atom. The number of nitrogens with one attached hydrogen (secondary N) is 2. The van der Waals surface area contributed by atoms with Gasteiger partial charge in [0.2, 0.25) is 0 Å². The molecule has 1 heterocycles. The number of benzene rings is 1. The molecule has 2 N–H and O–H groups in total. The number of aryl methyl sites for hydroxylation is 1. The molecule has 2 rings (SSSR count). The first-order chi connectivity index (χ1) is 8.53. The van der Waals surface area contributed by atoms with Crippen LogP contribution in [0.5, 0.6) is 5.75 Å². The Balaban J connectivity index is 2.35. The van der Waals surface area contributed by atoms with Crippen molar-refractivity contribution in [2.45, 2.75) is 11.9 Å². The van der Waals surface area contributed by atoms with Crippen molar-refractivity contribution in [1.82, 2.24) is 10.2 Å². The molecule has 0 spiro atoms. The van der Waals surface area contributed by atoms with E-state index in [1.165, 1.54) is 19.4 Å². The molecule has 2 aromatic rings. The largest absolute Gasteiger partial charge is 0.495 e. The van der Waals surface area contributed by atoms with Gasteiger partial charge in [-0.15, -0.1) is 0 Å². The third-order valence-corrected chi connectivity index (χ3v) is 3.66. The van der Waals surface area contributed by atoms with E-state index in [1.54, 1.807) is 18.2 Å². The number of hydrogen-bond donors (Lipinski definition) is 2. The van der Waals surface area contributed by atoms with E-state index < -0.39 is 10.0 Å². The summed E-state index contributed by atoms with van der Waals surface area (Å²) in [4.78, 5) is 0. The molecule has 0 aliphatic rings. The topological polar surface area (TPSA) is 84.1 Å². The van der Waals surface area contributed by atoms with Crippen LogP contribution in [0.2, 0.25) is 0 Å². The molecule has 1 aromatic carbocycles. The van der Waals surface area contributed by atoms with Crippen molar-refractivity contribution in [2.75, 3.05) is 11.8 Å². The lowest BCUT2D eigenvalue weighted by molar-refractivity contribution is 0.416. The first-order valence-corrected chi connectivity index (χ1v) is 6.68. The molecule has 0 aliphatic heterocycles. The van der Waals surface area contributed by atoms with Crippen molar-refractivity contribution in [3.05, 3.63) is 36.0 Å². The Hall–Kier alpha value is -2.02. The van der Waals surface area contributed by atoms with Crippen LogP contribution in [0.15, 0.2) is 35.5 Å². The molecule has 7 heteroatoms. The third-order valence-electron chi connectivity index (χ3n) is 2.37. The van der Waals surface area contributed by atoms with Gasteiger partial charge < -0.3 is 4.74 Å². The SMILES string of the molecule is COc1cc(C)ccc1NS(=O)(=O)c1ccn[nH]1. The average Bonchev–Trinajstić information content (AvgIpc) is 2.85. The van der Waals surface area contributed by atoms with Crippen LogP contribution >= 0.6 is 0 Å². The molecule has 0 fully saturated rings. The Bertz CT molecular complexity index is 636. The maximum Gasteiger partial charge on any atom is 0.278 e. The fourth-order valence-corrected chi connectivity index (χ4v) is 2.46. The number of hydrogen-bond acceptors (Lipinski definition) is 4. The molecule has 96 valence electrons. The molecule has 0 saturated heterocycles. The van der Waals surface area contributed by atoms with E-state index in [0.717, 1.165) is 5.56 Å². The van der Waals surface area contributed by atoms with E-state index in [1.807, 2.05) is 6.92 Å². The summed E-state index contributed by atoms with van der Waals surface area (Å²) in [5.41, 5.74) is 1.37. The van der Waals surface area contributed by atoms with Gasteiger partial charge in [0.05, 0.1) is 19.0 Å². The van der Waals surface area contributed by atoms with Crippen molar-refractivity contribution >= 4 is 15.7 Å². The minimum Gasteiger partial charge on any atom is -0.495 e. The van der Waals surface area contributed by atoms with E-state index in [4.69, 9.17) is 4.74 Å². The highest BCUT2D eigenvalue weighted by molar-refractivity contribution is 7.92. The number of nitrogens with zero attached hydrogens (tertiary/aromatic N) is 1. The maximum atomic E-state index is 12.0. The first kappa shape index (κ1) is 12.4. The number of anilines is 1. The van der Waals surface area contributed by atoms with E-state index in [-0.39, 0.29) is 5.03 Å². The van der Waals surface area contributed by atoms with Gasteiger partial charge in [-0.25, -0.2) is 0 Å². The number of methoxy groups -OCH3 is 1. The van der Waals surface area contributed by atoms with Gasteiger partial charge >= 0.3 is 0 Å². The standard InChI is InChI=1S/C11H13N3O3S/c1-8-3-4-9(10(7-8)17-2)14-18(15,16)11-5-6-12-13-11/h3-7,14H,1-2H3,(H,12,13). The number of aromatic nitrogens is 2. The highest BCUT2D eigenvalue weighted by atomic mass is 32.2. The molecule has 1 aromatic heterocycles. The molecule has 0 bridgehead atoms. The Labute approximate surface area is 105 Å². The normalized spacial score (nSPS) is 11.2. The van der Waals surface area contributed by atoms with Crippen LogP contribution in [0.25, 0.3) is 0 Å². The molecule has 0 aliphatic carbocycles. The highest BCUT2D eigenvalue weighted by Crippen LogP contribution is 2.27. The molecule has 6 nitrogen and oxygen atoms in total. The summed E-state index contributed by atoms with van der Waals surface area (Å²) in [6.07, 6.45) is 1.38. The summed E-state index contributed by atoms with van der Waals surface area (Å²) in [6.45, 7) is 1.90. The molecule has 0 atom stereocenters. The summed E-state index contributed by atoms with van der Waals surface area (Å²) < 4.78 is 31.5. The van der Waals surface area contributed by atoms with E-state index >= 15 is 0 Å². The monoisotopic (exact) mass is 267 g/mol. The van der Waals surface area contributed by atoms with Crippen LogP contribution in [-0.2, 0) is 10.0 Å². The van der Waals surface area contributed by atoms with Crippen LogP contribution in [0.3, 0.4) is 0 Å². The van der Waals surface area contributed by atoms with Gasteiger partial charge in [-0.1, -0.05) is 6.07 Å². The number of sulfonamides is 1. The summed E-state index contributed by atoms with van der Waals surface area (Å²) in [7, 11) is -2.17. The van der Waals surface area contributed by atoms with Crippen LogP contribution in [-0.4, -0.2) is 25.7 Å². The Morgan fingerprint density at radius 1 is 1.33 bits per heavy atom. The van der Waals surface area contributed by atoms with Gasteiger partial charge in [0.1, 0.15) is 5.75 Å². The predicted octanol–water partition coefficient (Wildman–Crippen LogP) is 1.53. The van der Waals surface area contributed by atoms with Crippen molar-refractivity contribution in [3.63, 3.8) is 0 Å². The van der Waals surface area contributed by atoms with E-state index in [9.17, 15) is 8.42 Å². The van der Waals surface area contributed by atoms with Crippen LogP contribution in [0.1, 0.15) is 5.56 Å². The number of rotatable bonds is 4. The molecular formula is C11H13N3O3S. The maximum absolute atomic E-state index is 12.0. The lowest BCUT2D eigenvalue weighted by Crippen LogP contribution is -2.14. The quantitative estimate of drug-likeness (QED) is 0.879. The fourth-order valence-electron chi connectivity index (χ4n) is 1.48. The number of ether oxygens (including phenoxy) is 1. The lowest BCUT2D eigenvalue weighted by atomic mass is 10.2. The van der Waals surface area contributed by atoms with Gasteiger partial charge in [0.25, 0.3) is 10.0 Å². The van der Waals surface area contributed by atoms with Gasteiger partial charge in [-0.3, -0.25) is 9.82 Å². The van der Waals surface area contributed by atoms with Crippen molar-refractivity contribution in [1.29, 1.82) is 0 Å². The molecule has 0 radical (unpaired) electrons. The van der Waals surface area contributed by atoms with Gasteiger partial charge in [-0.05, 0) is 30.7 Å². The second-order valence-electron chi connectivity index (χ2n) is 3.73. The second-order valence-corrected chi connectivity index (χ2v) is 5.38. The second kappa shape index (κ2) is 4.69. The van der Waals surface area contributed by atoms with Gasteiger partial charge in [-0.2, -0.15) is 13.5 Å². The van der Waals surface area contributed by atoms with E-state index in [0.29, 0.717) is 11.4 Å². The summed E-state index contributed by atoms with van der Waals surface area (Å²) >= 11 is 0. The van der Waals surface area contributed by atoms with Crippen LogP contribution in [0, 0.1) is 6.92 Å². The first-order valence-electron chi connectivity index (χ1n) is 5.20. The fraction of sp³-hybridized carbons (Fsp3) is 0.182. The van der Waals surface area contributed by atoms with Crippen molar-refractivity contribution in [2.24, 2.45) is 0 Å². The van der Waals surface area contributed by atoms with E-state index in [2.05, 4.69) is 14.9 Å². The minimum atomic E-state index is -3.66. The molecule has 0 saturated carbocycles. The Kier molecular flexibility index (Phi) is 3.24. The lowest BCUT2D eigenvalue weighted by Gasteiger charge is -2.11. The summed E-state index contributed by atoms with van der Waals surface area (Å²) in [5.74, 6) is 0.470. The summed E-state index contributed by atoms with van der Waals surface area (Å²) in [5, 5.41) is 6.02. The smallest absolute Gasteiger partial charge is 0.278 e. The van der Waals surface area contributed by atoms with Crippen LogP contribution < -0.4 is 9.46 Å². The molecular weight excluding hydrogens is 254 g/mol. The average molecular weight is 267 g/mol. The third kappa shape index (κ3) is 2.45. The zero-order valence-corrected chi connectivity index (χ0v) is 10.8. The Morgan fingerprint density at radius 2 is 2.11 bits per heavy atom. The van der Waals surface area contributed by atoms with Crippen LogP contribution in [0.4, 0.5) is 5.69 Å².